The summed E-state index contributed by atoms with van der Waals surface area (Å²) >= 11 is 0. The van der Waals surface area contributed by atoms with Crippen LogP contribution in [0, 0.1) is 10.1 Å². The van der Waals surface area contributed by atoms with Crippen LogP contribution in [0.5, 0.6) is 0 Å². The van der Waals surface area contributed by atoms with Crippen LogP contribution in [0.25, 0.3) is 11.3 Å². The number of rotatable bonds is 5. The number of hydrogen-bond acceptors (Lipinski definition) is 5. The number of hydrogen-bond donors (Lipinski definition) is 1. The van der Waals surface area contributed by atoms with E-state index in [9.17, 15) is 18.5 Å². The fraction of sp³-hybridized carbons (Fsp3) is 0. The van der Waals surface area contributed by atoms with Crippen molar-refractivity contribution in [2.75, 3.05) is 4.72 Å². The highest BCUT2D eigenvalue weighted by atomic mass is 32.2. The first-order valence-electron chi connectivity index (χ1n) is 7.24. The summed E-state index contributed by atoms with van der Waals surface area (Å²) in [6.07, 6.45) is 1.40. The maximum atomic E-state index is 12.4. The number of nitrogens with one attached hydrogen (secondary N) is 1. The Morgan fingerprint density at radius 1 is 0.960 bits per heavy atom. The molecule has 25 heavy (non-hydrogen) atoms. The Bertz CT molecular complexity index is 1000. The van der Waals surface area contributed by atoms with Gasteiger partial charge in [0.15, 0.2) is 0 Å². The van der Waals surface area contributed by atoms with E-state index in [1.165, 1.54) is 24.4 Å². The molecule has 0 aliphatic heterocycles. The Labute approximate surface area is 144 Å². The molecular formula is C17H13N3O4S. The zero-order valence-electron chi connectivity index (χ0n) is 12.9. The normalized spacial score (nSPS) is 11.0. The van der Waals surface area contributed by atoms with Crippen molar-refractivity contribution in [2.45, 2.75) is 4.90 Å². The van der Waals surface area contributed by atoms with Crippen LogP contribution in [0.15, 0.2) is 77.8 Å². The predicted molar refractivity (Wildman–Crippen MR) is 93.6 cm³/mol. The van der Waals surface area contributed by atoms with Crippen LogP contribution >= 0.6 is 0 Å². The summed E-state index contributed by atoms with van der Waals surface area (Å²) in [5.74, 6) is 0. The molecule has 0 radical (unpaired) electrons. The Hall–Kier alpha value is -3.26. The molecule has 8 heteroatoms. The van der Waals surface area contributed by atoms with E-state index in [1.54, 1.807) is 12.1 Å². The molecule has 2 aromatic carbocycles. The molecule has 0 spiro atoms. The number of non-ortho nitro benzene ring substituents is 1. The lowest BCUT2D eigenvalue weighted by molar-refractivity contribution is -0.385. The van der Waals surface area contributed by atoms with Gasteiger partial charge < -0.3 is 0 Å². The highest BCUT2D eigenvalue weighted by Gasteiger charge is 2.18. The number of pyridine rings is 1. The Balaban J connectivity index is 1.84. The summed E-state index contributed by atoms with van der Waals surface area (Å²) in [6, 6.07) is 17.6. The Morgan fingerprint density at radius 3 is 2.36 bits per heavy atom. The maximum absolute atomic E-state index is 12.4. The van der Waals surface area contributed by atoms with Gasteiger partial charge in [-0.05, 0) is 18.2 Å². The molecule has 3 aromatic rings. The molecular weight excluding hydrogens is 342 g/mol. The van der Waals surface area contributed by atoms with E-state index in [-0.39, 0.29) is 16.3 Å². The number of sulfonamides is 1. The van der Waals surface area contributed by atoms with Crippen molar-refractivity contribution in [3.05, 3.63) is 83.0 Å². The van der Waals surface area contributed by atoms with Gasteiger partial charge in [0.05, 0.1) is 27.4 Å². The quantitative estimate of drug-likeness (QED) is 0.558. The average Bonchev–Trinajstić information content (AvgIpc) is 2.63. The zero-order valence-corrected chi connectivity index (χ0v) is 13.7. The second-order valence-corrected chi connectivity index (χ2v) is 6.84. The van der Waals surface area contributed by atoms with Gasteiger partial charge >= 0.3 is 0 Å². The molecule has 0 bridgehead atoms. The van der Waals surface area contributed by atoms with E-state index in [0.717, 1.165) is 11.6 Å². The molecule has 126 valence electrons. The first-order valence-corrected chi connectivity index (χ1v) is 8.73. The van der Waals surface area contributed by atoms with E-state index in [0.29, 0.717) is 5.69 Å². The van der Waals surface area contributed by atoms with Crippen molar-refractivity contribution in [1.82, 2.24) is 4.98 Å². The van der Waals surface area contributed by atoms with Gasteiger partial charge in [-0.25, -0.2) is 8.42 Å². The molecule has 0 aliphatic carbocycles. The highest BCUT2D eigenvalue weighted by Crippen LogP contribution is 2.22. The van der Waals surface area contributed by atoms with Crippen LogP contribution in [-0.2, 0) is 10.0 Å². The molecule has 3 rings (SSSR count). The molecule has 0 amide bonds. The Kier molecular flexibility index (Phi) is 4.44. The number of nitro groups is 1. The predicted octanol–water partition coefficient (Wildman–Crippen LogP) is 3.46. The molecule has 0 saturated carbocycles. The van der Waals surface area contributed by atoms with E-state index in [1.807, 2.05) is 30.3 Å². The Morgan fingerprint density at radius 2 is 1.72 bits per heavy atom. The highest BCUT2D eigenvalue weighted by molar-refractivity contribution is 7.92. The van der Waals surface area contributed by atoms with E-state index in [2.05, 4.69) is 9.71 Å². The standard InChI is InChI=1S/C17H13N3O4S/c21-20(22)15-7-4-8-16(11-15)25(23,24)19-14-9-10-17(18-12-14)13-5-2-1-3-6-13/h1-12,19H. The van der Waals surface area contributed by atoms with Crippen LogP contribution in [0.1, 0.15) is 0 Å². The first-order chi connectivity index (χ1) is 12.0. The van der Waals surface area contributed by atoms with Gasteiger partial charge in [0.1, 0.15) is 0 Å². The van der Waals surface area contributed by atoms with Crippen molar-refractivity contribution in [3.63, 3.8) is 0 Å². The number of nitrogens with zero attached hydrogens (tertiary/aromatic N) is 2. The molecule has 0 unspecified atom stereocenters. The monoisotopic (exact) mass is 355 g/mol. The fourth-order valence-corrected chi connectivity index (χ4v) is 3.29. The van der Waals surface area contributed by atoms with Gasteiger partial charge in [0, 0.05) is 17.7 Å². The second kappa shape index (κ2) is 6.70. The number of nitro benzene ring substituents is 1. The molecule has 0 aliphatic rings. The molecule has 1 heterocycles. The van der Waals surface area contributed by atoms with Crippen molar-refractivity contribution in [1.29, 1.82) is 0 Å². The van der Waals surface area contributed by atoms with Crippen LogP contribution in [0.2, 0.25) is 0 Å². The molecule has 1 N–H and O–H groups in total. The van der Waals surface area contributed by atoms with Crippen molar-refractivity contribution < 1.29 is 13.3 Å². The summed E-state index contributed by atoms with van der Waals surface area (Å²) < 4.78 is 27.1. The van der Waals surface area contributed by atoms with Gasteiger partial charge in [-0.2, -0.15) is 0 Å². The van der Waals surface area contributed by atoms with Crippen LogP contribution in [0.3, 0.4) is 0 Å². The smallest absolute Gasteiger partial charge is 0.270 e. The van der Waals surface area contributed by atoms with Crippen molar-refractivity contribution in [3.8, 4) is 11.3 Å². The molecule has 0 atom stereocenters. The SMILES string of the molecule is O=[N+]([O-])c1cccc(S(=O)(=O)Nc2ccc(-c3ccccc3)nc2)c1. The van der Waals surface area contributed by atoms with Gasteiger partial charge in [-0.3, -0.25) is 19.8 Å². The maximum Gasteiger partial charge on any atom is 0.270 e. The second-order valence-electron chi connectivity index (χ2n) is 5.16. The van der Waals surface area contributed by atoms with Gasteiger partial charge in [-0.1, -0.05) is 36.4 Å². The summed E-state index contributed by atoms with van der Waals surface area (Å²) in [4.78, 5) is 14.2. The third kappa shape index (κ3) is 3.81. The lowest BCUT2D eigenvalue weighted by Gasteiger charge is -2.08. The van der Waals surface area contributed by atoms with Crippen LogP contribution in [0.4, 0.5) is 11.4 Å². The van der Waals surface area contributed by atoms with E-state index >= 15 is 0 Å². The van der Waals surface area contributed by atoms with Crippen LogP contribution in [-0.4, -0.2) is 18.3 Å². The van der Waals surface area contributed by atoms with Gasteiger partial charge in [0.2, 0.25) is 0 Å². The van der Waals surface area contributed by atoms with Gasteiger partial charge in [0.25, 0.3) is 15.7 Å². The minimum absolute atomic E-state index is 0.186. The third-order valence-electron chi connectivity index (χ3n) is 3.42. The minimum atomic E-state index is -3.94. The number of aromatic nitrogens is 1. The molecule has 1 aromatic heterocycles. The summed E-state index contributed by atoms with van der Waals surface area (Å²) in [7, 11) is -3.94. The van der Waals surface area contributed by atoms with Crippen molar-refractivity contribution >= 4 is 21.4 Å². The topological polar surface area (TPSA) is 102 Å². The zero-order chi connectivity index (χ0) is 17.9. The number of benzene rings is 2. The largest absolute Gasteiger partial charge is 0.278 e. The molecule has 0 saturated heterocycles. The summed E-state index contributed by atoms with van der Waals surface area (Å²) in [5, 5.41) is 10.8. The van der Waals surface area contributed by atoms with Crippen molar-refractivity contribution in [2.24, 2.45) is 0 Å². The van der Waals surface area contributed by atoms with Gasteiger partial charge in [-0.15, -0.1) is 0 Å². The minimum Gasteiger partial charge on any atom is -0.278 e. The lowest BCUT2D eigenvalue weighted by atomic mass is 10.1. The lowest BCUT2D eigenvalue weighted by Crippen LogP contribution is -2.13. The van der Waals surface area contributed by atoms with Crippen LogP contribution < -0.4 is 4.72 Å². The van der Waals surface area contributed by atoms with E-state index < -0.39 is 14.9 Å². The third-order valence-corrected chi connectivity index (χ3v) is 4.80. The molecule has 7 nitrogen and oxygen atoms in total. The molecule has 0 fully saturated rings. The summed E-state index contributed by atoms with van der Waals surface area (Å²) in [6.45, 7) is 0. The fourth-order valence-electron chi connectivity index (χ4n) is 2.21. The summed E-state index contributed by atoms with van der Waals surface area (Å²) in [5.41, 5.74) is 1.60. The average molecular weight is 355 g/mol. The first kappa shape index (κ1) is 16.6. The number of anilines is 1. The van der Waals surface area contributed by atoms with E-state index in [4.69, 9.17) is 0 Å².